The van der Waals surface area contributed by atoms with Gasteiger partial charge >= 0.3 is 0 Å². The third kappa shape index (κ3) is 2.88. The summed E-state index contributed by atoms with van der Waals surface area (Å²) in [6, 6.07) is 13.7. The van der Waals surface area contributed by atoms with Crippen molar-refractivity contribution >= 4 is 23.0 Å². The number of fused-ring (bicyclic) bond motifs is 1. The molecule has 118 valence electrons. The van der Waals surface area contributed by atoms with Crippen LogP contribution in [0.15, 0.2) is 48.5 Å². The van der Waals surface area contributed by atoms with E-state index < -0.39 is 4.92 Å². The Labute approximate surface area is 133 Å². The first-order chi connectivity index (χ1) is 11.1. The molecule has 1 heterocycles. The number of carbonyl (C=O) groups is 1. The van der Waals surface area contributed by atoms with Gasteiger partial charge in [0.2, 0.25) is 5.91 Å². The molecule has 1 aliphatic rings. The van der Waals surface area contributed by atoms with E-state index in [9.17, 15) is 14.9 Å². The van der Waals surface area contributed by atoms with Crippen LogP contribution in [-0.2, 0) is 11.3 Å². The zero-order chi connectivity index (χ0) is 16.4. The lowest BCUT2D eigenvalue weighted by Gasteiger charge is -2.35. The fraction of sp³-hybridized carbons (Fsp3) is 0.235. The fourth-order valence-electron chi connectivity index (χ4n) is 2.73. The van der Waals surface area contributed by atoms with E-state index >= 15 is 0 Å². The van der Waals surface area contributed by atoms with Crippen LogP contribution in [-0.4, -0.2) is 16.9 Å². The Kier molecular flexibility index (Phi) is 3.97. The van der Waals surface area contributed by atoms with Gasteiger partial charge < -0.3 is 10.2 Å². The van der Waals surface area contributed by atoms with Crippen LogP contribution in [0.3, 0.4) is 0 Å². The average molecular weight is 311 g/mol. The van der Waals surface area contributed by atoms with Crippen LogP contribution in [0, 0.1) is 10.1 Å². The Hall–Kier alpha value is -2.89. The number of nitro groups is 1. The lowest BCUT2D eigenvalue weighted by Crippen LogP contribution is -2.46. The number of anilines is 2. The molecule has 1 unspecified atom stereocenters. The van der Waals surface area contributed by atoms with Crippen molar-refractivity contribution in [1.82, 2.24) is 0 Å². The van der Waals surface area contributed by atoms with E-state index in [1.807, 2.05) is 31.2 Å². The molecule has 6 nitrogen and oxygen atoms in total. The molecule has 0 bridgehead atoms. The summed E-state index contributed by atoms with van der Waals surface area (Å²) in [5, 5.41) is 14.0. The summed E-state index contributed by atoms with van der Waals surface area (Å²) in [6.07, 6.45) is 0.698. The highest BCUT2D eigenvalue weighted by atomic mass is 16.6. The molecule has 0 radical (unpaired) electrons. The van der Waals surface area contributed by atoms with Crippen molar-refractivity contribution in [3.63, 3.8) is 0 Å². The molecule has 0 aromatic heterocycles. The van der Waals surface area contributed by atoms with E-state index in [-0.39, 0.29) is 17.6 Å². The van der Waals surface area contributed by atoms with Gasteiger partial charge in [-0.15, -0.1) is 0 Å². The first-order valence-electron chi connectivity index (χ1n) is 7.50. The lowest BCUT2D eigenvalue weighted by molar-refractivity contribution is -0.384. The number of hydrogen-bond acceptors (Lipinski definition) is 4. The second-order valence-electron chi connectivity index (χ2n) is 5.47. The molecule has 0 saturated heterocycles. The first kappa shape index (κ1) is 15.0. The molecule has 23 heavy (non-hydrogen) atoms. The van der Waals surface area contributed by atoms with Crippen LogP contribution in [0.4, 0.5) is 17.1 Å². The van der Waals surface area contributed by atoms with E-state index in [2.05, 4.69) is 5.32 Å². The van der Waals surface area contributed by atoms with Crippen molar-refractivity contribution in [3.8, 4) is 0 Å². The zero-order valence-electron chi connectivity index (χ0n) is 12.7. The van der Waals surface area contributed by atoms with Crippen molar-refractivity contribution in [1.29, 1.82) is 0 Å². The van der Waals surface area contributed by atoms with Gasteiger partial charge in [-0.2, -0.15) is 0 Å². The molecule has 2 aromatic carbocycles. The van der Waals surface area contributed by atoms with Crippen molar-refractivity contribution in [2.75, 3.05) is 10.2 Å². The molecule has 3 rings (SSSR count). The summed E-state index contributed by atoms with van der Waals surface area (Å²) in [7, 11) is 0. The maximum Gasteiger partial charge on any atom is 0.269 e. The van der Waals surface area contributed by atoms with Gasteiger partial charge in [0.1, 0.15) is 6.04 Å². The minimum absolute atomic E-state index is 0.0181. The molecule has 1 amide bonds. The minimum Gasteiger partial charge on any atom is -0.372 e. The molecule has 2 aromatic rings. The summed E-state index contributed by atoms with van der Waals surface area (Å²) < 4.78 is 0. The summed E-state index contributed by atoms with van der Waals surface area (Å²) in [4.78, 5) is 24.7. The maximum absolute atomic E-state index is 12.7. The number of amides is 1. The topological polar surface area (TPSA) is 75.5 Å². The van der Waals surface area contributed by atoms with Gasteiger partial charge in [0, 0.05) is 12.1 Å². The number of hydrogen-bond donors (Lipinski definition) is 1. The van der Waals surface area contributed by atoms with Crippen LogP contribution in [0.2, 0.25) is 0 Å². The van der Waals surface area contributed by atoms with Gasteiger partial charge in [-0.25, -0.2) is 0 Å². The Morgan fingerprint density at radius 1 is 1.17 bits per heavy atom. The molecule has 0 fully saturated rings. The van der Waals surface area contributed by atoms with E-state index in [1.54, 1.807) is 17.0 Å². The average Bonchev–Trinajstić information content (AvgIpc) is 2.57. The zero-order valence-corrected chi connectivity index (χ0v) is 12.7. The SMILES string of the molecule is CCC1Nc2ccccc2N(Cc2ccc([N+](=O)[O-])cc2)C1=O. The number of carbonyl (C=O) groups excluding carboxylic acids is 1. The maximum atomic E-state index is 12.7. The van der Waals surface area contributed by atoms with Crippen LogP contribution >= 0.6 is 0 Å². The standard InChI is InChI=1S/C17H17N3O3/c1-2-14-17(21)19(16-6-4-3-5-15(16)18-14)11-12-7-9-13(10-8-12)20(22)23/h3-10,14,18H,2,11H2,1H3. The van der Waals surface area contributed by atoms with Crippen molar-refractivity contribution in [2.24, 2.45) is 0 Å². The summed E-state index contributed by atoms with van der Waals surface area (Å²) >= 11 is 0. The summed E-state index contributed by atoms with van der Waals surface area (Å²) in [6.45, 7) is 2.36. The van der Waals surface area contributed by atoms with Crippen LogP contribution in [0.5, 0.6) is 0 Å². The van der Waals surface area contributed by atoms with Crippen molar-refractivity contribution in [3.05, 3.63) is 64.2 Å². The second kappa shape index (κ2) is 6.08. The van der Waals surface area contributed by atoms with Crippen LogP contribution < -0.4 is 10.2 Å². The van der Waals surface area contributed by atoms with Gasteiger partial charge in [-0.3, -0.25) is 14.9 Å². The second-order valence-corrected chi connectivity index (χ2v) is 5.47. The van der Waals surface area contributed by atoms with Gasteiger partial charge in [-0.05, 0) is 24.1 Å². The van der Waals surface area contributed by atoms with Crippen LogP contribution in [0.1, 0.15) is 18.9 Å². The first-order valence-corrected chi connectivity index (χ1v) is 7.50. The smallest absolute Gasteiger partial charge is 0.269 e. The van der Waals surface area contributed by atoms with Crippen molar-refractivity contribution in [2.45, 2.75) is 25.9 Å². The Morgan fingerprint density at radius 2 is 1.87 bits per heavy atom. The monoisotopic (exact) mass is 311 g/mol. The third-order valence-electron chi connectivity index (χ3n) is 3.98. The van der Waals surface area contributed by atoms with E-state index in [0.29, 0.717) is 13.0 Å². The van der Waals surface area contributed by atoms with E-state index in [0.717, 1.165) is 16.9 Å². The summed E-state index contributed by atoms with van der Waals surface area (Å²) in [5.74, 6) is 0.0181. The van der Waals surface area contributed by atoms with Gasteiger partial charge in [-0.1, -0.05) is 31.2 Å². The highest BCUT2D eigenvalue weighted by Crippen LogP contribution is 2.33. The molecule has 1 aliphatic heterocycles. The highest BCUT2D eigenvalue weighted by Gasteiger charge is 2.31. The Morgan fingerprint density at radius 3 is 2.52 bits per heavy atom. The number of para-hydroxylation sites is 2. The molecule has 0 saturated carbocycles. The fourth-order valence-corrected chi connectivity index (χ4v) is 2.73. The van der Waals surface area contributed by atoms with Crippen molar-refractivity contribution < 1.29 is 9.72 Å². The van der Waals surface area contributed by atoms with Gasteiger partial charge in [0.05, 0.1) is 22.8 Å². The molecule has 1 N–H and O–H groups in total. The van der Waals surface area contributed by atoms with Gasteiger partial charge in [0.15, 0.2) is 0 Å². The molecular weight excluding hydrogens is 294 g/mol. The number of non-ortho nitro benzene ring substituents is 1. The lowest BCUT2D eigenvalue weighted by atomic mass is 10.1. The Bertz CT molecular complexity index is 743. The molecule has 0 spiro atoms. The normalized spacial score (nSPS) is 16.7. The minimum atomic E-state index is -0.428. The van der Waals surface area contributed by atoms with E-state index in [4.69, 9.17) is 0 Å². The summed E-state index contributed by atoms with van der Waals surface area (Å²) in [5.41, 5.74) is 2.67. The number of nitrogens with one attached hydrogen (secondary N) is 1. The predicted molar refractivity (Wildman–Crippen MR) is 88.4 cm³/mol. The van der Waals surface area contributed by atoms with E-state index in [1.165, 1.54) is 12.1 Å². The molecule has 0 aliphatic carbocycles. The third-order valence-corrected chi connectivity index (χ3v) is 3.98. The van der Waals surface area contributed by atoms with Crippen LogP contribution in [0.25, 0.3) is 0 Å². The largest absolute Gasteiger partial charge is 0.372 e. The highest BCUT2D eigenvalue weighted by molar-refractivity contribution is 6.04. The van der Waals surface area contributed by atoms with Gasteiger partial charge in [0.25, 0.3) is 5.69 Å². The number of rotatable bonds is 4. The molecule has 1 atom stereocenters. The molecular formula is C17H17N3O3. The number of nitro benzene ring substituents is 1. The Balaban J connectivity index is 1.91. The number of nitrogens with zero attached hydrogens (tertiary/aromatic N) is 2. The number of benzene rings is 2. The molecule has 6 heteroatoms. The predicted octanol–water partition coefficient (Wildman–Crippen LogP) is 3.33. The quantitative estimate of drug-likeness (QED) is 0.694.